The summed E-state index contributed by atoms with van der Waals surface area (Å²) in [6, 6.07) is 49.3. The molecule has 27 nitrogen and oxygen atoms in total. The van der Waals surface area contributed by atoms with Crippen LogP contribution in [0, 0.1) is 39.9 Å². The van der Waals surface area contributed by atoms with Gasteiger partial charge in [0.15, 0.2) is 0 Å². The number of aromatic hydroxyl groups is 3. The summed E-state index contributed by atoms with van der Waals surface area (Å²) in [4.78, 5) is -3.88. The van der Waals surface area contributed by atoms with Crippen LogP contribution in [-0.2, 0) is 111 Å². The normalized spacial score (nSPS) is 12.7. The zero-order valence-electron chi connectivity index (χ0n) is 51.7. The molecule has 1 aliphatic carbocycles. The number of benzene rings is 8. The largest absolute Gasteiger partial charge is 3.00 e. The number of fused-ring (bicyclic) bond motifs is 8. The van der Waals surface area contributed by atoms with E-state index in [0.717, 1.165) is 6.16 Å². The van der Waals surface area contributed by atoms with Crippen LogP contribution in [0.2, 0.25) is 0 Å². The van der Waals surface area contributed by atoms with Gasteiger partial charge < -0.3 is 97.9 Å². The number of phenols is 3. The number of quaternary nitrogens is 1. The van der Waals surface area contributed by atoms with Gasteiger partial charge in [0.25, 0.3) is 0 Å². The maximum Gasteiger partial charge on any atom is 3.00 e. The molecule has 8 bridgehead atoms. The van der Waals surface area contributed by atoms with Crippen molar-refractivity contribution in [2.45, 2.75) is 84.0 Å². The van der Waals surface area contributed by atoms with Crippen LogP contribution in [0.3, 0.4) is 0 Å². The standard InChI is InChI=1S/C28H24O16S4.C25H22P.C9H20N.Gd.10H2O/c29-25-13-1-14-6-22(46(36,37)38)8-16(26(14)30)3-18-10-24(48(42,43)44)12-20(28(18)32)4-19-11-23(47(39,40)41)9-17(27(19)31)2-15(25)7-21(5-13)45(33,34)35;1-5-13-22(14-6-1)21-26(23-15-7-2-8-16-23,24-17-9-3-10-18-24)25-19-11-4-12-20-25;1-3-4-7-10(2)8-5-6-9-10;;;;;;;;;;;/h5-12,29-32H,1-4H2,(H,33,34,35)(H,36,37,38)(H,39,40,41)(H,42,43,44);1-20H,21H2;3-9H2,1-2H3;;10*1H2/q;2*+1;+3;;;;;;;;;;/p+2. The predicted molar refractivity (Wildman–Crippen MR) is 358 cm³/mol. The molecule has 8 aromatic carbocycles. The Kier molecular flexibility index (Phi) is 39.5. The van der Waals surface area contributed by atoms with E-state index in [4.69, 9.17) is 0 Å². The van der Waals surface area contributed by atoms with E-state index in [9.17, 15) is 72.3 Å². The number of likely N-dealkylation sites (tertiary alicyclic amines) is 1. The number of hydrogen-bond donors (Lipinski definition) is 3. The third-order valence-electron chi connectivity index (χ3n) is 15.2. The van der Waals surface area contributed by atoms with E-state index >= 15 is 0 Å². The molecule has 1 heterocycles. The van der Waals surface area contributed by atoms with Gasteiger partial charge in [0.05, 0.1) is 52.4 Å². The zero-order chi connectivity index (χ0) is 60.8. The SMILES string of the molecule is CCCC[N+]1(C)CCCC1.O.O.O.O=S(=O)([O-])c1cc2c([O-])c(c1)Cc1cc(S(=O)(=O)[O-])cc(c1O)Cc1cc(S(=O)(=O)[O-])cc(c1O)Cc1cc(S(=O)(=O)[O-])cc(c1O)C2.[Gd+3].[OH3+].[OH3+].[OH3+].[OH3+].[OH3+].[OH3+].[OH3+].c1ccc(C[P+](c2ccccc2)(c2ccccc2)c2ccccc2)cc1. The molecule has 30 N–H and O–H groups in total. The molecule has 1 saturated heterocycles. The van der Waals surface area contributed by atoms with Crippen molar-refractivity contribution in [2.24, 2.45) is 0 Å². The van der Waals surface area contributed by atoms with Crippen molar-refractivity contribution in [3.8, 4) is 23.0 Å². The Morgan fingerprint density at radius 1 is 0.411 bits per heavy atom. The van der Waals surface area contributed by atoms with Gasteiger partial charge >= 0.3 is 39.9 Å². The van der Waals surface area contributed by atoms with Gasteiger partial charge in [-0.05, 0) is 141 Å². The Bertz CT molecular complexity index is 3640. The first-order valence-corrected chi connectivity index (χ1v) is 34.3. The molecule has 527 valence electrons. The molecule has 0 saturated carbocycles. The summed E-state index contributed by atoms with van der Waals surface area (Å²) in [5.41, 5.74) is -2.48. The molecule has 8 aromatic rings. The first-order chi connectivity index (χ1) is 39.6. The molecule has 1 aliphatic heterocycles. The van der Waals surface area contributed by atoms with Crippen LogP contribution >= 0.6 is 7.26 Å². The minimum atomic E-state index is -5.31. The van der Waals surface area contributed by atoms with Gasteiger partial charge in [-0.25, -0.2) is 33.7 Å². The van der Waals surface area contributed by atoms with Gasteiger partial charge in [-0.15, -0.1) is 5.75 Å². The van der Waals surface area contributed by atoms with Crippen LogP contribution in [0.15, 0.2) is 189 Å². The molecule has 33 heteroatoms. The monoisotopic (exact) mass is 1580 g/mol. The maximum absolute atomic E-state index is 13.6. The van der Waals surface area contributed by atoms with Crippen molar-refractivity contribution in [3.63, 3.8) is 0 Å². The Morgan fingerprint density at radius 3 is 0.884 bits per heavy atom. The number of hydrogen-bond acceptors (Lipinski definition) is 16. The van der Waals surface area contributed by atoms with E-state index in [1.54, 1.807) is 0 Å². The third kappa shape index (κ3) is 23.3. The average Bonchev–Trinajstić information content (AvgIpc) is 0.882. The molecule has 1 fully saturated rings. The molecule has 0 unspecified atom stereocenters. The van der Waals surface area contributed by atoms with Gasteiger partial charge in [-0.2, -0.15) is 0 Å². The summed E-state index contributed by atoms with van der Waals surface area (Å²) in [7, 11) is -20.6. The topological polar surface area (TPSA) is 638 Å². The van der Waals surface area contributed by atoms with Gasteiger partial charge in [-0.1, -0.05) is 98.3 Å². The smallest absolute Gasteiger partial charge is 0.872 e. The van der Waals surface area contributed by atoms with Crippen molar-refractivity contribution in [2.75, 3.05) is 26.7 Å². The molecule has 10 rings (SSSR count). The summed E-state index contributed by atoms with van der Waals surface area (Å²) in [6.07, 6.45) is 3.52. The molecular formula is C62H88GdNO26PS4+7. The number of phenolic OH excluding ortho intramolecular Hbond substituents is 3. The fourth-order valence-corrected chi connectivity index (χ4v) is 17.4. The van der Waals surface area contributed by atoms with Crippen molar-refractivity contribution in [1.29, 1.82) is 0 Å². The van der Waals surface area contributed by atoms with Crippen molar-refractivity contribution in [1.82, 2.24) is 0 Å². The second-order valence-corrected chi connectivity index (χ2v) is 30.2. The van der Waals surface area contributed by atoms with E-state index in [2.05, 4.69) is 135 Å². The van der Waals surface area contributed by atoms with Crippen LogP contribution < -0.4 is 21.0 Å². The summed E-state index contributed by atoms with van der Waals surface area (Å²) in [5.74, 6) is -3.39. The predicted octanol–water partition coefficient (Wildman–Crippen LogP) is -1.55. The van der Waals surface area contributed by atoms with Crippen LogP contribution in [-0.4, -0.2) is 115 Å². The van der Waals surface area contributed by atoms with E-state index in [1.807, 2.05) is 0 Å². The third-order valence-corrected chi connectivity index (χ3v) is 22.8. The van der Waals surface area contributed by atoms with E-state index in [0.29, 0.717) is 48.5 Å². The van der Waals surface area contributed by atoms with Gasteiger partial charge in [0, 0.05) is 38.5 Å². The molecule has 0 aromatic heterocycles. The summed E-state index contributed by atoms with van der Waals surface area (Å²) >= 11 is 0. The molecule has 1 radical (unpaired) electrons. The second kappa shape index (κ2) is 39.3. The Labute approximate surface area is 584 Å². The van der Waals surface area contributed by atoms with Crippen LogP contribution in [0.5, 0.6) is 23.0 Å². The van der Waals surface area contributed by atoms with E-state index in [-0.39, 0.29) is 94.7 Å². The second-order valence-electron chi connectivity index (χ2n) is 21.2. The molecule has 0 atom stereocenters. The van der Waals surface area contributed by atoms with Gasteiger partial charge in [-0.3, -0.25) is 0 Å². The molecule has 2 aliphatic rings. The number of rotatable bonds is 12. The fraction of sp³-hybridized carbons (Fsp3) is 0.226. The van der Waals surface area contributed by atoms with E-state index in [1.165, 1.54) is 71.3 Å². The van der Waals surface area contributed by atoms with Crippen molar-refractivity contribution >= 4 is 63.6 Å². The quantitative estimate of drug-likeness (QED) is 0.0539. The van der Waals surface area contributed by atoms with Gasteiger partial charge in [0.2, 0.25) is 0 Å². The van der Waals surface area contributed by atoms with Crippen LogP contribution in [0.4, 0.5) is 0 Å². The van der Waals surface area contributed by atoms with Crippen LogP contribution in [0.1, 0.15) is 82.7 Å². The minimum Gasteiger partial charge on any atom is -0.872 e. The zero-order valence-corrected chi connectivity index (χ0v) is 58.2. The van der Waals surface area contributed by atoms with Crippen molar-refractivity contribution < 1.29 is 171 Å². The molecule has 0 spiro atoms. The van der Waals surface area contributed by atoms with Gasteiger partial charge in [0.1, 0.15) is 80.9 Å². The number of nitrogens with zero attached hydrogens (tertiary/aromatic N) is 1. The van der Waals surface area contributed by atoms with Crippen molar-refractivity contribution in [3.05, 3.63) is 220 Å². The van der Waals surface area contributed by atoms with Crippen LogP contribution in [0.25, 0.3) is 0 Å². The van der Waals surface area contributed by atoms with E-state index < -0.39 is 161 Å². The maximum atomic E-state index is 13.6. The summed E-state index contributed by atoms with van der Waals surface area (Å²) < 4.78 is 146. The first kappa shape index (κ1) is 95.3. The minimum absolute atomic E-state index is 0. The molecular weight excluding hydrogens is 1490 g/mol. The Morgan fingerprint density at radius 2 is 0.642 bits per heavy atom. The molecule has 0 amide bonds. The number of unbranched alkanes of at least 4 members (excludes halogenated alkanes) is 1. The summed E-state index contributed by atoms with van der Waals surface area (Å²) in [5, 5.41) is 51.3. The average molecular weight is 1580 g/mol. The Hall–Kier alpha value is -6.09. The summed E-state index contributed by atoms with van der Waals surface area (Å²) in [6.45, 7) is 6.55. The molecule has 95 heavy (non-hydrogen) atoms. The Balaban J connectivity index is -0.000000748. The first-order valence-electron chi connectivity index (χ1n) is 26.7. The fourth-order valence-electron chi connectivity index (χ4n) is 10.9.